The molecular weight excluding hydrogens is 554 g/mol. The van der Waals surface area contributed by atoms with Gasteiger partial charge in [0.25, 0.3) is 5.56 Å². The van der Waals surface area contributed by atoms with E-state index in [0.717, 1.165) is 54.4 Å². The number of rotatable bonds is 3. The predicted molar refractivity (Wildman–Crippen MR) is 171 cm³/mol. The molecule has 0 aliphatic carbocycles. The number of hydrogen-bond donors (Lipinski definition) is 0. The number of nitrogens with zero attached hydrogens (tertiary/aromatic N) is 5. The summed E-state index contributed by atoms with van der Waals surface area (Å²) in [5.41, 5.74) is 5.61. The molecule has 9 aromatic rings. The van der Waals surface area contributed by atoms with E-state index in [2.05, 4.69) is 12.1 Å². The standard InChI is InChI=1S/C35H19N5O2S/c41-34-25-17-15-22(19-30(25)43-35-36-26-11-5-6-12-27(26)40(34)35)33-38-31(20-8-2-1-3-9-20)37-32(39-33)21-14-16-24-23-10-4-7-13-28(23)42-29(24)18-21/h1-19H. The van der Waals surface area contributed by atoms with Crippen LogP contribution in [0.15, 0.2) is 124 Å². The minimum absolute atomic E-state index is 0.0931. The zero-order chi connectivity index (χ0) is 28.5. The molecule has 0 radical (unpaired) electrons. The lowest BCUT2D eigenvalue weighted by molar-refractivity contribution is 0.669. The molecule has 0 spiro atoms. The highest BCUT2D eigenvalue weighted by molar-refractivity contribution is 7.23. The number of para-hydroxylation sites is 3. The Hall–Kier alpha value is -5.73. The molecule has 4 aromatic heterocycles. The largest absolute Gasteiger partial charge is 0.456 e. The lowest BCUT2D eigenvalue weighted by Crippen LogP contribution is -2.11. The smallest absolute Gasteiger partial charge is 0.266 e. The fourth-order valence-corrected chi connectivity index (χ4v) is 6.69. The van der Waals surface area contributed by atoms with E-state index in [-0.39, 0.29) is 5.56 Å². The average Bonchev–Trinajstić information content (AvgIpc) is 3.62. The van der Waals surface area contributed by atoms with E-state index < -0.39 is 0 Å². The molecule has 0 saturated heterocycles. The van der Waals surface area contributed by atoms with Gasteiger partial charge in [0.15, 0.2) is 22.4 Å². The fraction of sp³-hybridized carbons (Fsp3) is 0. The van der Waals surface area contributed by atoms with Gasteiger partial charge >= 0.3 is 0 Å². The lowest BCUT2D eigenvalue weighted by atomic mass is 10.1. The number of fused-ring (bicyclic) bond motifs is 7. The van der Waals surface area contributed by atoms with Crippen molar-refractivity contribution in [3.63, 3.8) is 0 Å². The Morgan fingerprint density at radius 1 is 0.558 bits per heavy atom. The molecule has 0 bridgehead atoms. The van der Waals surface area contributed by atoms with Crippen LogP contribution in [0, 0.1) is 0 Å². The topological polar surface area (TPSA) is 86.2 Å². The zero-order valence-corrected chi connectivity index (χ0v) is 23.2. The second kappa shape index (κ2) is 9.14. The van der Waals surface area contributed by atoms with Crippen LogP contribution in [0.4, 0.5) is 0 Å². The summed E-state index contributed by atoms with van der Waals surface area (Å²) in [7, 11) is 0. The Balaban J connectivity index is 1.24. The molecule has 0 fully saturated rings. The summed E-state index contributed by atoms with van der Waals surface area (Å²) >= 11 is 1.47. The summed E-state index contributed by atoms with van der Waals surface area (Å²) in [6, 6.07) is 37.3. The van der Waals surface area contributed by atoms with Gasteiger partial charge in [-0.25, -0.2) is 24.3 Å². The first-order valence-electron chi connectivity index (χ1n) is 13.8. The fourth-order valence-electron chi connectivity index (χ4n) is 5.63. The number of furan rings is 1. The number of aromatic nitrogens is 5. The Morgan fingerprint density at radius 2 is 1.21 bits per heavy atom. The molecule has 0 aliphatic heterocycles. The normalized spacial score (nSPS) is 11.8. The molecule has 202 valence electrons. The summed E-state index contributed by atoms with van der Waals surface area (Å²) in [6.07, 6.45) is 0. The first kappa shape index (κ1) is 23.9. The van der Waals surface area contributed by atoms with Crippen LogP contribution in [-0.4, -0.2) is 24.3 Å². The van der Waals surface area contributed by atoms with Crippen molar-refractivity contribution in [2.45, 2.75) is 0 Å². The third-order valence-corrected chi connectivity index (χ3v) is 8.72. The van der Waals surface area contributed by atoms with Crippen LogP contribution in [0.1, 0.15) is 0 Å². The van der Waals surface area contributed by atoms with Crippen molar-refractivity contribution in [1.29, 1.82) is 0 Å². The maximum atomic E-state index is 13.5. The van der Waals surface area contributed by atoms with E-state index in [1.165, 1.54) is 11.3 Å². The molecule has 0 saturated carbocycles. The van der Waals surface area contributed by atoms with Crippen LogP contribution >= 0.6 is 11.3 Å². The number of benzene rings is 5. The Bertz CT molecular complexity index is 2600. The first-order chi connectivity index (χ1) is 21.2. The number of hydrogen-bond acceptors (Lipinski definition) is 7. The molecule has 5 aromatic carbocycles. The van der Waals surface area contributed by atoms with Crippen molar-refractivity contribution < 1.29 is 4.42 Å². The van der Waals surface area contributed by atoms with Crippen molar-refractivity contribution in [3.8, 4) is 34.2 Å². The molecule has 0 amide bonds. The summed E-state index contributed by atoms with van der Waals surface area (Å²) in [4.78, 5) is 33.6. The lowest BCUT2D eigenvalue weighted by Gasteiger charge is -2.09. The van der Waals surface area contributed by atoms with Crippen LogP contribution in [0.3, 0.4) is 0 Å². The van der Waals surface area contributed by atoms with Crippen molar-refractivity contribution in [2.75, 3.05) is 0 Å². The Labute approximate surface area is 247 Å². The van der Waals surface area contributed by atoms with Gasteiger partial charge < -0.3 is 4.42 Å². The van der Waals surface area contributed by atoms with Gasteiger partial charge in [0.2, 0.25) is 0 Å². The van der Waals surface area contributed by atoms with E-state index in [4.69, 9.17) is 24.4 Å². The van der Waals surface area contributed by atoms with Gasteiger partial charge in [-0.3, -0.25) is 4.79 Å². The summed E-state index contributed by atoms with van der Waals surface area (Å²) in [6.45, 7) is 0. The van der Waals surface area contributed by atoms with Gasteiger partial charge in [0, 0.05) is 32.2 Å². The van der Waals surface area contributed by atoms with Gasteiger partial charge in [-0.2, -0.15) is 0 Å². The van der Waals surface area contributed by atoms with E-state index >= 15 is 0 Å². The van der Waals surface area contributed by atoms with Crippen LogP contribution in [0.5, 0.6) is 0 Å². The van der Waals surface area contributed by atoms with Crippen LogP contribution in [-0.2, 0) is 0 Å². The molecule has 0 atom stereocenters. The van der Waals surface area contributed by atoms with Crippen LogP contribution in [0.25, 0.3) is 82.2 Å². The Morgan fingerprint density at radius 3 is 2.05 bits per heavy atom. The minimum atomic E-state index is -0.0931. The number of imidazole rings is 1. The van der Waals surface area contributed by atoms with E-state index in [0.29, 0.717) is 27.8 Å². The molecule has 7 nitrogen and oxygen atoms in total. The summed E-state index contributed by atoms with van der Waals surface area (Å²) in [5.74, 6) is 1.62. The predicted octanol–water partition coefficient (Wildman–Crippen LogP) is 8.15. The maximum Gasteiger partial charge on any atom is 0.266 e. The van der Waals surface area contributed by atoms with Crippen molar-refractivity contribution >= 4 is 59.4 Å². The van der Waals surface area contributed by atoms with Gasteiger partial charge in [0.1, 0.15) is 11.2 Å². The highest BCUT2D eigenvalue weighted by Crippen LogP contribution is 2.33. The summed E-state index contributed by atoms with van der Waals surface area (Å²) in [5, 5.41) is 2.73. The van der Waals surface area contributed by atoms with Crippen LogP contribution < -0.4 is 5.56 Å². The molecule has 0 unspecified atom stereocenters. The van der Waals surface area contributed by atoms with E-state index in [1.807, 2.05) is 103 Å². The molecule has 43 heavy (non-hydrogen) atoms. The van der Waals surface area contributed by atoms with Gasteiger partial charge in [0.05, 0.1) is 16.4 Å². The maximum absolute atomic E-state index is 13.5. The van der Waals surface area contributed by atoms with Gasteiger partial charge in [-0.05, 0) is 42.5 Å². The SMILES string of the molecule is O=c1c2ccc(-c3nc(-c4ccccc4)nc(-c4ccc5c(c4)oc4ccccc45)n3)cc2sc2nc3ccccc3n12. The third kappa shape index (κ3) is 3.77. The molecule has 0 N–H and O–H groups in total. The average molecular weight is 574 g/mol. The van der Waals surface area contributed by atoms with E-state index in [1.54, 1.807) is 4.40 Å². The molecule has 8 heteroatoms. The molecule has 4 heterocycles. The molecular formula is C35H19N5O2S. The zero-order valence-electron chi connectivity index (χ0n) is 22.4. The molecule has 9 rings (SSSR count). The highest BCUT2D eigenvalue weighted by atomic mass is 32.1. The molecule has 0 aliphatic rings. The quantitative estimate of drug-likeness (QED) is 0.212. The summed E-state index contributed by atoms with van der Waals surface area (Å²) < 4.78 is 8.66. The monoisotopic (exact) mass is 573 g/mol. The highest BCUT2D eigenvalue weighted by Gasteiger charge is 2.17. The van der Waals surface area contributed by atoms with Crippen LogP contribution in [0.2, 0.25) is 0 Å². The third-order valence-electron chi connectivity index (χ3n) is 7.71. The van der Waals surface area contributed by atoms with Gasteiger partial charge in [-0.15, -0.1) is 0 Å². The van der Waals surface area contributed by atoms with E-state index in [9.17, 15) is 4.79 Å². The van der Waals surface area contributed by atoms with Crippen molar-refractivity contribution in [3.05, 3.63) is 126 Å². The van der Waals surface area contributed by atoms with Crippen molar-refractivity contribution in [2.24, 2.45) is 0 Å². The van der Waals surface area contributed by atoms with Crippen molar-refractivity contribution in [1.82, 2.24) is 24.3 Å². The minimum Gasteiger partial charge on any atom is -0.456 e. The second-order valence-electron chi connectivity index (χ2n) is 10.3. The first-order valence-corrected chi connectivity index (χ1v) is 14.6. The van der Waals surface area contributed by atoms with Gasteiger partial charge in [-0.1, -0.05) is 84.1 Å². The second-order valence-corrected chi connectivity index (χ2v) is 11.3. The Kier molecular flexibility index (Phi) is 5.08.